The second-order valence-electron chi connectivity index (χ2n) is 3.84. The van der Waals surface area contributed by atoms with E-state index in [1.54, 1.807) is 13.0 Å². The molecule has 0 aliphatic carbocycles. The summed E-state index contributed by atoms with van der Waals surface area (Å²) >= 11 is 0. The molecule has 1 N–H and O–H groups in total. The van der Waals surface area contributed by atoms with Gasteiger partial charge < -0.3 is 9.84 Å². The van der Waals surface area contributed by atoms with Gasteiger partial charge in [0.25, 0.3) is 0 Å². The van der Waals surface area contributed by atoms with Crippen LogP contribution >= 0.6 is 0 Å². The Morgan fingerprint density at radius 2 is 2.06 bits per heavy atom. The van der Waals surface area contributed by atoms with Crippen molar-refractivity contribution in [3.8, 4) is 11.5 Å². The molecular formula is C12H10F3NO2. The highest BCUT2D eigenvalue weighted by Gasteiger charge is 2.28. The minimum Gasteiger partial charge on any atom is -0.506 e. The Morgan fingerprint density at radius 3 is 2.72 bits per heavy atom. The molecule has 0 saturated heterocycles. The Morgan fingerprint density at radius 1 is 1.33 bits per heavy atom. The van der Waals surface area contributed by atoms with Gasteiger partial charge in [-0.15, -0.1) is 0 Å². The number of benzene rings is 1. The number of aryl methyl sites for hydroxylation is 1. The second-order valence-corrected chi connectivity index (χ2v) is 3.84. The zero-order valence-corrected chi connectivity index (χ0v) is 9.45. The molecule has 6 heteroatoms. The van der Waals surface area contributed by atoms with E-state index in [1.165, 1.54) is 18.2 Å². The van der Waals surface area contributed by atoms with Gasteiger partial charge in [0.2, 0.25) is 0 Å². The van der Waals surface area contributed by atoms with E-state index >= 15 is 0 Å². The molecule has 1 aromatic heterocycles. The fraction of sp³-hybridized carbons (Fsp3) is 0.250. The number of ether oxygens (including phenoxy) is 1. The summed E-state index contributed by atoms with van der Waals surface area (Å²) in [5.74, 6) is -0.0289. The number of aromatic nitrogens is 1. The first-order valence-corrected chi connectivity index (χ1v) is 5.16. The number of nitrogens with zero attached hydrogens (tertiary/aromatic N) is 1. The van der Waals surface area contributed by atoms with Gasteiger partial charge in [-0.1, -0.05) is 6.07 Å². The number of phenolic OH excluding ortho intramolecular Hbond substituents is 1. The van der Waals surface area contributed by atoms with E-state index in [-0.39, 0.29) is 17.0 Å². The van der Waals surface area contributed by atoms with Crippen molar-refractivity contribution in [2.24, 2.45) is 0 Å². The van der Waals surface area contributed by atoms with E-state index < -0.39 is 12.8 Å². The Balaban J connectivity index is 2.47. The molecule has 1 heterocycles. The van der Waals surface area contributed by atoms with Crippen LogP contribution in [0.3, 0.4) is 0 Å². The van der Waals surface area contributed by atoms with Crippen LogP contribution in [-0.4, -0.2) is 22.9 Å². The molecule has 96 valence electrons. The van der Waals surface area contributed by atoms with E-state index in [9.17, 15) is 18.3 Å². The highest BCUT2D eigenvalue weighted by molar-refractivity contribution is 5.89. The van der Waals surface area contributed by atoms with Crippen LogP contribution in [0.4, 0.5) is 13.2 Å². The second kappa shape index (κ2) is 4.36. The molecule has 0 unspecified atom stereocenters. The highest BCUT2D eigenvalue weighted by atomic mass is 19.4. The number of rotatable bonds is 2. The van der Waals surface area contributed by atoms with Crippen LogP contribution in [0.1, 0.15) is 5.69 Å². The standard InChI is InChI=1S/C12H10F3NO2/c1-7-5-10(18-6-12(13,14)15)8-3-2-4-9(17)11(8)16-7/h2-5,17H,6H2,1H3. The maximum absolute atomic E-state index is 12.1. The molecular weight excluding hydrogens is 247 g/mol. The predicted octanol–water partition coefficient (Wildman–Crippen LogP) is 3.19. The summed E-state index contributed by atoms with van der Waals surface area (Å²) in [6.45, 7) is 0.244. The largest absolute Gasteiger partial charge is 0.506 e. The normalized spacial score (nSPS) is 11.8. The quantitative estimate of drug-likeness (QED) is 0.898. The van der Waals surface area contributed by atoms with Crippen LogP contribution in [0, 0.1) is 6.92 Å². The Bertz CT molecular complexity index is 581. The van der Waals surface area contributed by atoms with Gasteiger partial charge in [0.15, 0.2) is 6.61 Å². The van der Waals surface area contributed by atoms with Crippen LogP contribution in [0.2, 0.25) is 0 Å². The maximum atomic E-state index is 12.1. The van der Waals surface area contributed by atoms with Crippen molar-refractivity contribution in [2.75, 3.05) is 6.61 Å². The molecule has 0 aliphatic heterocycles. The molecule has 0 amide bonds. The number of alkyl halides is 3. The lowest BCUT2D eigenvalue weighted by Gasteiger charge is -2.12. The number of hydrogen-bond donors (Lipinski definition) is 1. The third-order valence-electron chi connectivity index (χ3n) is 2.30. The SMILES string of the molecule is Cc1cc(OCC(F)(F)F)c2cccc(O)c2n1. The van der Waals surface area contributed by atoms with Gasteiger partial charge in [0, 0.05) is 17.1 Å². The van der Waals surface area contributed by atoms with E-state index in [4.69, 9.17) is 4.74 Å². The Labute approximate surface area is 101 Å². The number of halogens is 3. The third-order valence-corrected chi connectivity index (χ3v) is 2.30. The first-order chi connectivity index (χ1) is 8.37. The molecule has 1 aromatic carbocycles. The lowest BCUT2D eigenvalue weighted by Crippen LogP contribution is -2.19. The van der Waals surface area contributed by atoms with E-state index in [0.717, 1.165) is 0 Å². The summed E-state index contributed by atoms with van der Waals surface area (Å²) in [6, 6.07) is 5.90. The van der Waals surface area contributed by atoms with Crippen molar-refractivity contribution in [1.82, 2.24) is 4.98 Å². The van der Waals surface area contributed by atoms with Gasteiger partial charge in [-0.25, -0.2) is 4.98 Å². The first-order valence-electron chi connectivity index (χ1n) is 5.16. The molecule has 0 bridgehead atoms. The van der Waals surface area contributed by atoms with Gasteiger partial charge in [-0.05, 0) is 19.1 Å². The summed E-state index contributed by atoms with van der Waals surface area (Å²) in [5, 5.41) is 9.96. The lowest BCUT2D eigenvalue weighted by molar-refractivity contribution is -0.153. The number of phenols is 1. The summed E-state index contributed by atoms with van der Waals surface area (Å²) in [6.07, 6.45) is -4.40. The fourth-order valence-electron chi connectivity index (χ4n) is 1.60. The maximum Gasteiger partial charge on any atom is 0.422 e. The van der Waals surface area contributed by atoms with Gasteiger partial charge in [0.1, 0.15) is 17.0 Å². The van der Waals surface area contributed by atoms with Crippen molar-refractivity contribution in [3.63, 3.8) is 0 Å². The summed E-state index contributed by atoms with van der Waals surface area (Å²) in [4.78, 5) is 4.07. The van der Waals surface area contributed by atoms with Gasteiger partial charge in [0.05, 0.1) is 0 Å². The fourth-order valence-corrected chi connectivity index (χ4v) is 1.60. The molecule has 0 atom stereocenters. The molecule has 0 saturated carbocycles. The molecule has 2 rings (SSSR count). The molecule has 0 aliphatic rings. The Hall–Kier alpha value is -1.98. The van der Waals surface area contributed by atoms with Crippen LogP contribution < -0.4 is 4.74 Å². The molecule has 0 spiro atoms. The minimum absolute atomic E-state index is 0.0609. The number of fused-ring (bicyclic) bond motifs is 1. The number of pyridine rings is 1. The smallest absolute Gasteiger partial charge is 0.422 e. The average Bonchev–Trinajstić information content (AvgIpc) is 2.26. The molecule has 0 radical (unpaired) electrons. The first kappa shape index (κ1) is 12.5. The molecule has 2 aromatic rings. The van der Waals surface area contributed by atoms with Crippen molar-refractivity contribution < 1.29 is 23.0 Å². The van der Waals surface area contributed by atoms with Gasteiger partial charge >= 0.3 is 6.18 Å². The van der Waals surface area contributed by atoms with E-state index in [2.05, 4.69) is 4.98 Å². The zero-order valence-electron chi connectivity index (χ0n) is 9.45. The average molecular weight is 257 g/mol. The van der Waals surface area contributed by atoms with Crippen LogP contribution in [0.15, 0.2) is 24.3 Å². The van der Waals surface area contributed by atoms with Gasteiger partial charge in [-0.3, -0.25) is 0 Å². The van der Waals surface area contributed by atoms with Crippen LogP contribution in [0.25, 0.3) is 10.9 Å². The third kappa shape index (κ3) is 2.64. The van der Waals surface area contributed by atoms with Crippen LogP contribution in [0.5, 0.6) is 11.5 Å². The Kier molecular flexibility index (Phi) is 3.02. The molecule has 18 heavy (non-hydrogen) atoms. The predicted molar refractivity (Wildman–Crippen MR) is 59.7 cm³/mol. The summed E-state index contributed by atoms with van der Waals surface area (Å²) in [7, 11) is 0. The number of para-hydroxylation sites is 1. The highest BCUT2D eigenvalue weighted by Crippen LogP contribution is 2.31. The van der Waals surface area contributed by atoms with Gasteiger partial charge in [-0.2, -0.15) is 13.2 Å². The monoisotopic (exact) mass is 257 g/mol. The number of aromatic hydroxyl groups is 1. The van der Waals surface area contributed by atoms with E-state index in [1.807, 2.05) is 0 Å². The zero-order chi connectivity index (χ0) is 13.3. The van der Waals surface area contributed by atoms with Crippen LogP contribution in [-0.2, 0) is 0 Å². The van der Waals surface area contributed by atoms with Crippen molar-refractivity contribution in [3.05, 3.63) is 30.0 Å². The minimum atomic E-state index is -4.40. The number of hydrogen-bond acceptors (Lipinski definition) is 3. The summed E-state index contributed by atoms with van der Waals surface area (Å²) in [5.41, 5.74) is 0.704. The molecule has 0 fully saturated rings. The van der Waals surface area contributed by atoms with E-state index in [0.29, 0.717) is 11.1 Å². The summed E-state index contributed by atoms with van der Waals surface area (Å²) < 4.78 is 41.1. The van der Waals surface area contributed by atoms with Crippen molar-refractivity contribution in [1.29, 1.82) is 0 Å². The van der Waals surface area contributed by atoms with Crippen molar-refractivity contribution >= 4 is 10.9 Å². The topological polar surface area (TPSA) is 42.4 Å². The lowest BCUT2D eigenvalue weighted by atomic mass is 10.1. The molecule has 3 nitrogen and oxygen atoms in total. The van der Waals surface area contributed by atoms with Crippen molar-refractivity contribution in [2.45, 2.75) is 13.1 Å².